The van der Waals surface area contributed by atoms with Crippen molar-refractivity contribution in [3.05, 3.63) is 34.3 Å². The molecule has 0 aliphatic carbocycles. The third-order valence-electron chi connectivity index (χ3n) is 3.86. The van der Waals surface area contributed by atoms with Gasteiger partial charge in [0, 0.05) is 24.0 Å². The average Bonchev–Trinajstić information content (AvgIpc) is 2.45. The summed E-state index contributed by atoms with van der Waals surface area (Å²) in [6, 6.07) is 8.10. The van der Waals surface area contributed by atoms with Crippen LogP contribution in [0.15, 0.2) is 28.7 Å². The van der Waals surface area contributed by atoms with Crippen molar-refractivity contribution in [1.29, 1.82) is 0 Å². The van der Waals surface area contributed by atoms with Crippen LogP contribution in [0.5, 0.6) is 0 Å². The molecular weight excluding hydrogens is 328 g/mol. The van der Waals surface area contributed by atoms with Crippen LogP contribution in [0.3, 0.4) is 0 Å². The second-order valence-electron chi connectivity index (χ2n) is 6.46. The largest absolute Gasteiger partial charge is 0.345 e. The van der Waals surface area contributed by atoms with Gasteiger partial charge in [-0.25, -0.2) is 0 Å². The summed E-state index contributed by atoms with van der Waals surface area (Å²) in [7, 11) is 1.88. The molecule has 1 amide bonds. The van der Waals surface area contributed by atoms with Crippen molar-refractivity contribution in [2.75, 3.05) is 20.1 Å². The van der Waals surface area contributed by atoms with Gasteiger partial charge in [-0.15, -0.1) is 0 Å². The number of halogens is 1. The molecule has 0 heterocycles. The standard InChI is InChI=1S/C17H27BrN2O/c1-5-13(10-14-8-6-7-9-15(14)18)16(21)20(4)12-17(2,3)11-19/h6-9,13H,5,10-12,19H2,1-4H3. The number of rotatable bonds is 7. The summed E-state index contributed by atoms with van der Waals surface area (Å²) in [6.45, 7) is 7.51. The van der Waals surface area contributed by atoms with Gasteiger partial charge in [-0.05, 0) is 36.4 Å². The van der Waals surface area contributed by atoms with E-state index >= 15 is 0 Å². The monoisotopic (exact) mass is 354 g/mol. The smallest absolute Gasteiger partial charge is 0.225 e. The lowest BCUT2D eigenvalue weighted by molar-refractivity contribution is -0.135. The number of carbonyl (C=O) groups is 1. The molecular formula is C17H27BrN2O. The summed E-state index contributed by atoms with van der Waals surface area (Å²) in [5.41, 5.74) is 6.90. The predicted octanol–water partition coefficient (Wildman–Crippen LogP) is 3.46. The van der Waals surface area contributed by atoms with Gasteiger partial charge in [0.2, 0.25) is 5.91 Å². The van der Waals surface area contributed by atoms with Crippen LogP contribution in [-0.2, 0) is 11.2 Å². The molecule has 0 radical (unpaired) electrons. The maximum absolute atomic E-state index is 12.7. The van der Waals surface area contributed by atoms with Crippen molar-refractivity contribution in [3.8, 4) is 0 Å². The number of carbonyl (C=O) groups excluding carboxylic acids is 1. The average molecular weight is 355 g/mol. The number of nitrogens with zero attached hydrogens (tertiary/aromatic N) is 1. The summed E-state index contributed by atoms with van der Waals surface area (Å²) in [4.78, 5) is 14.5. The van der Waals surface area contributed by atoms with E-state index in [9.17, 15) is 4.79 Å². The summed E-state index contributed by atoms with van der Waals surface area (Å²) >= 11 is 3.56. The molecule has 0 fully saturated rings. The first-order valence-electron chi connectivity index (χ1n) is 7.49. The van der Waals surface area contributed by atoms with E-state index in [1.807, 2.05) is 30.1 Å². The van der Waals surface area contributed by atoms with Gasteiger partial charge in [0.15, 0.2) is 0 Å². The van der Waals surface area contributed by atoms with E-state index in [1.54, 1.807) is 0 Å². The van der Waals surface area contributed by atoms with Gasteiger partial charge in [0.25, 0.3) is 0 Å². The van der Waals surface area contributed by atoms with Gasteiger partial charge < -0.3 is 10.6 Å². The number of amides is 1. The SMILES string of the molecule is CCC(Cc1ccccc1Br)C(=O)N(C)CC(C)(C)CN. The van der Waals surface area contributed by atoms with Gasteiger partial charge in [-0.2, -0.15) is 0 Å². The molecule has 0 aliphatic rings. The molecule has 118 valence electrons. The highest BCUT2D eigenvalue weighted by atomic mass is 79.9. The fourth-order valence-corrected chi connectivity index (χ4v) is 2.88. The molecule has 0 spiro atoms. The van der Waals surface area contributed by atoms with Crippen LogP contribution < -0.4 is 5.73 Å². The van der Waals surface area contributed by atoms with Crippen molar-refractivity contribution >= 4 is 21.8 Å². The number of benzene rings is 1. The molecule has 0 aromatic heterocycles. The van der Waals surface area contributed by atoms with Gasteiger partial charge in [0.05, 0.1) is 0 Å². The van der Waals surface area contributed by atoms with Crippen LogP contribution in [0.4, 0.5) is 0 Å². The molecule has 1 atom stereocenters. The maximum Gasteiger partial charge on any atom is 0.225 e. The van der Waals surface area contributed by atoms with Crippen LogP contribution in [0.2, 0.25) is 0 Å². The normalized spacial score (nSPS) is 13.0. The highest BCUT2D eigenvalue weighted by molar-refractivity contribution is 9.10. The Bertz CT molecular complexity index is 474. The quantitative estimate of drug-likeness (QED) is 0.814. The fourth-order valence-electron chi connectivity index (χ4n) is 2.43. The Balaban J connectivity index is 2.76. The Hall–Kier alpha value is -0.870. The molecule has 0 aliphatic heterocycles. The van der Waals surface area contributed by atoms with Gasteiger partial charge in [-0.3, -0.25) is 4.79 Å². The van der Waals surface area contributed by atoms with Crippen molar-refractivity contribution in [2.45, 2.75) is 33.6 Å². The van der Waals surface area contributed by atoms with E-state index in [-0.39, 0.29) is 17.2 Å². The van der Waals surface area contributed by atoms with Crippen LogP contribution in [0, 0.1) is 11.3 Å². The second-order valence-corrected chi connectivity index (χ2v) is 7.32. The first-order valence-corrected chi connectivity index (χ1v) is 8.28. The van der Waals surface area contributed by atoms with Crippen molar-refractivity contribution < 1.29 is 4.79 Å². The lowest BCUT2D eigenvalue weighted by Gasteiger charge is -2.31. The minimum Gasteiger partial charge on any atom is -0.345 e. The number of hydrogen-bond acceptors (Lipinski definition) is 2. The van der Waals surface area contributed by atoms with Crippen LogP contribution in [0.25, 0.3) is 0 Å². The van der Waals surface area contributed by atoms with Crippen LogP contribution in [0.1, 0.15) is 32.8 Å². The Labute approximate surface area is 137 Å². The van der Waals surface area contributed by atoms with E-state index in [0.29, 0.717) is 13.1 Å². The molecule has 4 heteroatoms. The molecule has 21 heavy (non-hydrogen) atoms. The first-order chi connectivity index (χ1) is 9.80. The molecule has 2 N–H and O–H groups in total. The molecule has 1 rings (SSSR count). The summed E-state index contributed by atoms with van der Waals surface area (Å²) < 4.78 is 1.07. The zero-order chi connectivity index (χ0) is 16.0. The fraction of sp³-hybridized carbons (Fsp3) is 0.588. The summed E-state index contributed by atoms with van der Waals surface area (Å²) in [6.07, 6.45) is 1.61. The third-order valence-corrected chi connectivity index (χ3v) is 4.63. The van der Waals surface area contributed by atoms with E-state index in [2.05, 4.69) is 42.8 Å². The maximum atomic E-state index is 12.7. The molecule has 0 bridgehead atoms. The van der Waals surface area contributed by atoms with Gasteiger partial charge in [0.1, 0.15) is 0 Å². The molecule has 1 unspecified atom stereocenters. The second kappa shape index (κ2) is 7.95. The van der Waals surface area contributed by atoms with Crippen molar-refractivity contribution in [1.82, 2.24) is 4.90 Å². The van der Waals surface area contributed by atoms with Crippen molar-refractivity contribution in [3.63, 3.8) is 0 Å². The van der Waals surface area contributed by atoms with Crippen molar-refractivity contribution in [2.24, 2.45) is 17.1 Å². The molecule has 3 nitrogen and oxygen atoms in total. The number of hydrogen-bond donors (Lipinski definition) is 1. The summed E-state index contributed by atoms with van der Waals surface area (Å²) in [5, 5.41) is 0. The Kier molecular flexibility index (Phi) is 6.88. The van der Waals surface area contributed by atoms with E-state index in [1.165, 1.54) is 5.56 Å². The Morgan fingerprint density at radius 3 is 2.52 bits per heavy atom. The zero-order valence-electron chi connectivity index (χ0n) is 13.5. The lowest BCUT2D eigenvalue weighted by atomic mass is 9.91. The molecule has 1 aromatic rings. The van der Waals surface area contributed by atoms with Gasteiger partial charge >= 0.3 is 0 Å². The van der Waals surface area contributed by atoms with Crippen LogP contribution >= 0.6 is 15.9 Å². The van der Waals surface area contributed by atoms with Gasteiger partial charge in [-0.1, -0.05) is 54.9 Å². The lowest BCUT2D eigenvalue weighted by Crippen LogP contribution is -2.42. The highest BCUT2D eigenvalue weighted by Gasteiger charge is 2.26. The number of nitrogens with two attached hydrogens (primary N) is 1. The minimum atomic E-state index is -0.0456. The molecule has 0 saturated heterocycles. The Morgan fingerprint density at radius 1 is 1.38 bits per heavy atom. The Morgan fingerprint density at radius 2 is 2.00 bits per heavy atom. The van der Waals surface area contributed by atoms with Crippen LogP contribution in [-0.4, -0.2) is 30.9 Å². The summed E-state index contributed by atoms with van der Waals surface area (Å²) in [5.74, 6) is 0.219. The molecule has 1 aromatic carbocycles. The van der Waals surface area contributed by atoms with E-state index < -0.39 is 0 Å². The highest BCUT2D eigenvalue weighted by Crippen LogP contribution is 2.23. The predicted molar refractivity (Wildman–Crippen MR) is 92.1 cm³/mol. The first kappa shape index (κ1) is 18.2. The molecule has 0 saturated carbocycles. The minimum absolute atomic E-state index is 0.0160. The topological polar surface area (TPSA) is 46.3 Å². The third kappa shape index (κ3) is 5.44. The van der Waals surface area contributed by atoms with E-state index in [0.717, 1.165) is 17.3 Å². The van der Waals surface area contributed by atoms with E-state index in [4.69, 9.17) is 5.73 Å². The zero-order valence-corrected chi connectivity index (χ0v) is 15.1.